The van der Waals surface area contributed by atoms with Crippen molar-refractivity contribution in [1.29, 1.82) is 5.26 Å². The van der Waals surface area contributed by atoms with Gasteiger partial charge in [0.25, 0.3) is 0 Å². The Morgan fingerprint density at radius 2 is 1.80 bits per heavy atom. The van der Waals surface area contributed by atoms with Crippen molar-refractivity contribution in [2.45, 2.75) is 92.7 Å². The largest absolute Gasteiger partial charge is 0.389 e. The lowest BCUT2D eigenvalue weighted by Gasteiger charge is -2.65. The molecule has 3 aliphatic carbocycles. The molecule has 0 aromatic heterocycles. The van der Waals surface area contributed by atoms with E-state index in [1.54, 1.807) is 19.0 Å². The van der Waals surface area contributed by atoms with Gasteiger partial charge in [-0.2, -0.15) is 5.26 Å². The first-order valence-electron chi connectivity index (χ1n) is 12.8. The highest BCUT2D eigenvalue weighted by molar-refractivity contribution is 5.74. The summed E-state index contributed by atoms with van der Waals surface area (Å²) in [5, 5.41) is 30.9. The smallest absolute Gasteiger partial charge is 0.171 e. The lowest BCUT2D eigenvalue weighted by atomic mass is 9.51. The van der Waals surface area contributed by atoms with Gasteiger partial charge in [0.15, 0.2) is 5.67 Å². The van der Waals surface area contributed by atoms with E-state index in [-0.39, 0.29) is 24.2 Å². The first-order chi connectivity index (χ1) is 16.5. The van der Waals surface area contributed by atoms with Crippen molar-refractivity contribution in [1.82, 2.24) is 4.90 Å². The molecule has 188 valence electrons. The number of alkyl halides is 2. The zero-order chi connectivity index (χ0) is 25.0. The van der Waals surface area contributed by atoms with Gasteiger partial charge in [0, 0.05) is 18.4 Å². The number of nitriles is 1. The van der Waals surface area contributed by atoms with Gasteiger partial charge in [-0.25, -0.2) is 8.78 Å². The van der Waals surface area contributed by atoms with Gasteiger partial charge in [-0.3, -0.25) is 0 Å². The van der Waals surface area contributed by atoms with Crippen LogP contribution in [0.25, 0.3) is 5.57 Å². The molecule has 0 amide bonds. The van der Waals surface area contributed by atoms with Crippen molar-refractivity contribution >= 4 is 5.57 Å². The summed E-state index contributed by atoms with van der Waals surface area (Å²) in [5.41, 5.74) is -4.24. The van der Waals surface area contributed by atoms with Gasteiger partial charge >= 0.3 is 0 Å². The summed E-state index contributed by atoms with van der Waals surface area (Å²) >= 11 is 0. The van der Waals surface area contributed by atoms with Crippen LogP contribution in [-0.4, -0.2) is 70.0 Å². The molecule has 1 aromatic carbocycles. The molecule has 9 atom stereocenters. The molecule has 4 fully saturated rings. The quantitative estimate of drug-likeness (QED) is 0.665. The van der Waals surface area contributed by atoms with Crippen molar-refractivity contribution in [3.63, 3.8) is 0 Å². The molecular formula is C28H34F2N2O3. The van der Waals surface area contributed by atoms with Crippen LogP contribution in [0.5, 0.6) is 0 Å². The number of rotatable bonds is 2. The summed E-state index contributed by atoms with van der Waals surface area (Å²) in [6, 6.07) is 9.21. The Balaban J connectivity index is 1.40. The van der Waals surface area contributed by atoms with Crippen LogP contribution in [0, 0.1) is 22.7 Å². The third kappa shape index (κ3) is 2.69. The maximum Gasteiger partial charge on any atom is 0.171 e. The van der Waals surface area contributed by atoms with Crippen molar-refractivity contribution in [2.24, 2.45) is 11.3 Å². The average molecular weight is 485 g/mol. The summed E-state index contributed by atoms with van der Waals surface area (Å²) in [4.78, 5) is 1.80. The number of hydrogen-bond donors (Lipinski definition) is 2. The van der Waals surface area contributed by atoms with Crippen molar-refractivity contribution < 1.29 is 23.7 Å². The number of fused-ring (bicyclic) bond motifs is 1. The van der Waals surface area contributed by atoms with E-state index >= 15 is 8.78 Å². The number of nitrogens with zero attached hydrogens (tertiary/aromatic N) is 2. The van der Waals surface area contributed by atoms with E-state index < -0.39 is 47.2 Å². The Kier molecular flexibility index (Phi) is 4.80. The molecule has 5 aliphatic rings. The zero-order valence-electron chi connectivity index (χ0n) is 20.6. The van der Waals surface area contributed by atoms with Gasteiger partial charge in [-0.15, -0.1) is 0 Å². The minimum absolute atomic E-state index is 0.148. The maximum atomic E-state index is 17.1. The molecule has 35 heavy (non-hydrogen) atoms. The molecule has 2 bridgehead atoms. The molecule has 1 aromatic rings. The molecular weight excluding hydrogens is 450 g/mol. The van der Waals surface area contributed by atoms with Crippen LogP contribution < -0.4 is 0 Å². The van der Waals surface area contributed by atoms with E-state index in [9.17, 15) is 15.5 Å². The molecule has 5 nitrogen and oxygen atoms in total. The van der Waals surface area contributed by atoms with Gasteiger partial charge in [-0.05, 0) is 81.3 Å². The number of aliphatic hydroxyl groups is 2. The van der Waals surface area contributed by atoms with Crippen LogP contribution in [0.3, 0.4) is 0 Å². The Labute approximate surface area is 205 Å². The SMILES string of the molecule is CN(C)[C@H]1C[C@@]23CC[C@]4(O2)C2CC=C(c5ccc(C#N)cc5)[C@@]2(C)CCC4(F)CC3(F)[C@@H](O)[C@@H]1O. The number of allylic oxidation sites excluding steroid dienone is 2. The van der Waals surface area contributed by atoms with E-state index in [4.69, 9.17) is 4.74 Å². The minimum Gasteiger partial charge on any atom is -0.389 e. The first-order valence-corrected chi connectivity index (χ1v) is 12.8. The lowest BCUT2D eigenvalue weighted by Crippen LogP contribution is -2.78. The Bertz CT molecular complexity index is 1130. The van der Waals surface area contributed by atoms with Gasteiger partial charge in [0.2, 0.25) is 0 Å². The van der Waals surface area contributed by atoms with Crippen LogP contribution >= 0.6 is 0 Å². The minimum atomic E-state index is -2.33. The van der Waals surface area contributed by atoms with Crippen molar-refractivity contribution in [2.75, 3.05) is 14.1 Å². The molecule has 0 radical (unpaired) electrons. The van der Waals surface area contributed by atoms with E-state index in [0.29, 0.717) is 31.2 Å². The normalized spacial score (nSPS) is 50.2. The predicted molar refractivity (Wildman–Crippen MR) is 127 cm³/mol. The highest BCUT2D eigenvalue weighted by atomic mass is 19.2. The Hall–Kier alpha value is -1.85. The summed E-state index contributed by atoms with van der Waals surface area (Å²) < 4.78 is 40.7. The summed E-state index contributed by atoms with van der Waals surface area (Å²) in [6.45, 7) is 2.18. The number of benzene rings is 1. The molecule has 2 saturated carbocycles. The second-order valence-corrected chi connectivity index (χ2v) is 12.2. The molecule has 2 aliphatic heterocycles. The number of likely N-dealkylation sites (N-methyl/N-ethyl adjacent to an activating group) is 1. The third-order valence-electron chi connectivity index (χ3n) is 10.6. The molecule has 2 N–H and O–H groups in total. The molecule has 7 heteroatoms. The fraction of sp³-hybridized carbons (Fsp3) is 0.679. The van der Waals surface area contributed by atoms with Crippen LogP contribution in [0.15, 0.2) is 30.3 Å². The van der Waals surface area contributed by atoms with Gasteiger partial charge in [0.1, 0.15) is 23.0 Å². The topological polar surface area (TPSA) is 76.7 Å². The maximum absolute atomic E-state index is 17.1. The number of aliphatic hydroxyl groups excluding tert-OH is 2. The standard InChI is InChI=1S/C28H34F2N2O3/c1-24-10-11-25(29)16-27(30)23(34)22(33)20(32(2)3)14-26(27)12-13-28(25,35-26)21(24)9-8-19(24)18-6-4-17(15-31)5-7-18/h4-8,20-23,33-34H,9-14,16H2,1-3H3/t20-,21?,22+,23-,24+,25?,26+,27?,28-/m0/s1. The lowest BCUT2D eigenvalue weighted by molar-refractivity contribution is -0.347. The van der Waals surface area contributed by atoms with Crippen LogP contribution in [0.2, 0.25) is 0 Å². The monoisotopic (exact) mass is 484 g/mol. The molecule has 2 saturated heterocycles. The van der Waals surface area contributed by atoms with Crippen LogP contribution in [0.4, 0.5) is 8.78 Å². The third-order valence-corrected chi connectivity index (χ3v) is 10.6. The van der Waals surface area contributed by atoms with Crippen molar-refractivity contribution in [3.05, 3.63) is 41.5 Å². The van der Waals surface area contributed by atoms with Gasteiger partial charge in [0.05, 0.1) is 17.7 Å². The number of hydrogen-bond acceptors (Lipinski definition) is 5. The van der Waals surface area contributed by atoms with E-state index in [1.807, 2.05) is 24.3 Å². The van der Waals surface area contributed by atoms with Gasteiger partial charge < -0.3 is 19.8 Å². The Morgan fingerprint density at radius 1 is 1.09 bits per heavy atom. The Morgan fingerprint density at radius 3 is 2.46 bits per heavy atom. The second-order valence-electron chi connectivity index (χ2n) is 12.2. The van der Waals surface area contributed by atoms with Gasteiger partial charge in [-0.1, -0.05) is 25.1 Å². The summed E-state index contributed by atoms with van der Waals surface area (Å²) in [6.07, 6.45) is 1.07. The zero-order valence-corrected chi connectivity index (χ0v) is 20.6. The summed E-state index contributed by atoms with van der Waals surface area (Å²) in [7, 11) is 3.61. The molecule has 6 rings (SSSR count). The highest BCUT2D eigenvalue weighted by Crippen LogP contribution is 2.74. The first kappa shape index (κ1) is 23.5. The predicted octanol–water partition coefficient (Wildman–Crippen LogP) is 3.93. The van der Waals surface area contributed by atoms with E-state index in [0.717, 1.165) is 11.1 Å². The average Bonchev–Trinajstić information content (AvgIpc) is 3.37. The fourth-order valence-corrected chi connectivity index (χ4v) is 8.70. The van der Waals surface area contributed by atoms with Crippen LogP contribution in [-0.2, 0) is 4.74 Å². The number of ether oxygens (including phenoxy) is 1. The second kappa shape index (κ2) is 7.13. The molecule has 2 heterocycles. The van der Waals surface area contributed by atoms with E-state index in [1.165, 1.54) is 0 Å². The number of halogens is 2. The van der Waals surface area contributed by atoms with E-state index in [2.05, 4.69) is 19.1 Å². The van der Waals surface area contributed by atoms with Crippen molar-refractivity contribution in [3.8, 4) is 6.07 Å². The summed E-state index contributed by atoms with van der Waals surface area (Å²) in [5.74, 6) is -0.148. The molecule has 2 spiro atoms. The fourth-order valence-electron chi connectivity index (χ4n) is 8.70. The van der Waals surface area contributed by atoms with Crippen LogP contribution in [0.1, 0.15) is 63.0 Å². The molecule has 3 unspecified atom stereocenters. The highest BCUT2D eigenvalue weighted by Gasteiger charge is 2.82.